The van der Waals surface area contributed by atoms with Crippen LogP contribution in [0.25, 0.3) is 0 Å². The van der Waals surface area contributed by atoms with Crippen LogP contribution >= 0.6 is 11.3 Å². The van der Waals surface area contributed by atoms with E-state index in [0.29, 0.717) is 18.0 Å². The van der Waals surface area contributed by atoms with Gasteiger partial charge in [0.15, 0.2) is 5.76 Å². The maximum Gasteiger partial charge on any atom is 0.290 e. The summed E-state index contributed by atoms with van der Waals surface area (Å²) in [6.45, 7) is 1.15. The molecule has 0 fully saturated rings. The van der Waals surface area contributed by atoms with E-state index in [1.54, 1.807) is 46.9 Å². The number of carbonyl (C=O) groups is 2. The van der Waals surface area contributed by atoms with E-state index >= 15 is 0 Å². The van der Waals surface area contributed by atoms with Crippen molar-refractivity contribution in [3.63, 3.8) is 0 Å². The van der Waals surface area contributed by atoms with Crippen LogP contribution in [-0.2, 0) is 4.79 Å². The van der Waals surface area contributed by atoms with Crippen molar-refractivity contribution in [2.24, 2.45) is 0 Å². The topological polar surface area (TPSA) is 74.9 Å². The molecule has 1 aliphatic heterocycles. The van der Waals surface area contributed by atoms with E-state index in [-0.39, 0.29) is 11.4 Å². The summed E-state index contributed by atoms with van der Waals surface area (Å²) in [4.78, 5) is 32.8. The standard InChI is InChI=1S/C18H19N3O3S/c1-20(2)9-10-21-15(12-5-7-19-8-6-12)14(17(23)18(21)24)16(22)13-4-3-11-25-13/h3-8,11,15,23H,9-10H2,1-2H3/p+1/t15-/m1/s1. The number of rotatable bonds is 6. The van der Waals surface area contributed by atoms with Crippen molar-refractivity contribution in [1.29, 1.82) is 0 Å². The van der Waals surface area contributed by atoms with Gasteiger partial charge in [-0.1, -0.05) is 6.07 Å². The molecule has 2 aromatic heterocycles. The van der Waals surface area contributed by atoms with Crippen molar-refractivity contribution in [3.8, 4) is 0 Å². The molecule has 0 saturated heterocycles. The zero-order valence-electron chi connectivity index (χ0n) is 14.1. The van der Waals surface area contributed by atoms with E-state index in [2.05, 4.69) is 4.98 Å². The number of amides is 1. The number of carbonyl (C=O) groups excluding carboxylic acids is 2. The van der Waals surface area contributed by atoms with E-state index in [9.17, 15) is 14.7 Å². The number of aromatic nitrogens is 1. The van der Waals surface area contributed by atoms with Gasteiger partial charge in [0, 0.05) is 12.4 Å². The van der Waals surface area contributed by atoms with Crippen LogP contribution in [0.3, 0.4) is 0 Å². The zero-order valence-corrected chi connectivity index (χ0v) is 14.9. The molecular formula is C18H20N3O3S+. The maximum atomic E-state index is 12.9. The Morgan fingerprint density at radius 3 is 2.64 bits per heavy atom. The van der Waals surface area contributed by atoms with E-state index in [1.165, 1.54) is 16.2 Å². The number of nitrogens with zero attached hydrogens (tertiary/aromatic N) is 2. The summed E-state index contributed by atoms with van der Waals surface area (Å²) in [6, 6.07) is 6.43. The predicted octanol–water partition coefficient (Wildman–Crippen LogP) is 0.866. The van der Waals surface area contributed by atoms with Gasteiger partial charge in [0.05, 0.1) is 43.7 Å². The molecular weight excluding hydrogens is 338 g/mol. The molecule has 3 rings (SSSR count). The van der Waals surface area contributed by atoms with Gasteiger partial charge in [-0.2, -0.15) is 0 Å². The van der Waals surface area contributed by atoms with Crippen molar-refractivity contribution in [2.45, 2.75) is 6.04 Å². The second-order valence-electron chi connectivity index (χ2n) is 6.21. The van der Waals surface area contributed by atoms with Gasteiger partial charge in [0.25, 0.3) is 5.91 Å². The van der Waals surface area contributed by atoms with Crippen LogP contribution in [-0.4, -0.2) is 53.9 Å². The molecule has 1 amide bonds. The molecule has 0 saturated carbocycles. The molecule has 0 aliphatic carbocycles. The molecule has 130 valence electrons. The lowest BCUT2D eigenvalue weighted by atomic mass is 9.96. The number of likely N-dealkylation sites (N-methyl/N-ethyl adjacent to an activating group) is 1. The Labute approximate surface area is 150 Å². The first-order valence-corrected chi connectivity index (χ1v) is 8.90. The third-order valence-electron chi connectivity index (χ3n) is 4.17. The molecule has 2 N–H and O–H groups in total. The monoisotopic (exact) mass is 358 g/mol. The van der Waals surface area contributed by atoms with Crippen molar-refractivity contribution in [1.82, 2.24) is 9.88 Å². The third-order valence-corrected chi connectivity index (χ3v) is 5.04. The van der Waals surface area contributed by atoms with Crippen molar-refractivity contribution < 1.29 is 19.6 Å². The molecule has 1 atom stereocenters. The summed E-state index contributed by atoms with van der Waals surface area (Å²) < 4.78 is 0. The lowest BCUT2D eigenvalue weighted by Gasteiger charge is -2.26. The Hall–Kier alpha value is -2.51. The normalized spacial score (nSPS) is 17.6. The fourth-order valence-electron chi connectivity index (χ4n) is 2.89. The fourth-order valence-corrected chi connectivity index (χ4v) is 3.57. The summed E-state index contributed by atoms with van der Waals surface area (Å²) in [5.41, 5.74) is 0.911. The Morgan fingerprint density at radius 1 is 1.32 bits per heavy atom. The first-order valence-electron chi connectivity index (χ1n) is 8.02. The van der Waals surface area contributed by atoms with Gasteiger partial charge in [-0.25, -0.2) is 0 Å². The number of nitrogens with one attached hydrogen (secondary N) is 1. The minimum Gasteiger partial charge on any atom is -0.503 e. The third kappa shape index (κ3) is 3.33. The van der Waals surface area contributed by atoms with E-state index in [0.717, 1.165) is 5.56 Å². The number of aliphatic hydroxyl groups is 1. The van der Waals surface area contributed by atoms with Gasteiger partial charge in [0.2, 0.25) is 5.78 Å². The molecule has 25 heavy (non-hydrogen) atoms. The Morgan fingerprint density at radius 2 is 2.04 bits per heavy atom. The highest BCUT2D eigenvalue weighted by Gasteiger charge is 2.44. The molecule has 1 aliphatic rings. The number of ketones is 1. The van der Waals surface area contributed by atoms with Crippen molar-refractivity contribution >= 4 is 23.0 Å². The highest BCUT2D eigenvalue weighted by Crippen LogP contribution is 2.38. The van der Waals surface area contributed by atoms with Gasteiger partial charge < -0.3 is 14.9 Å². The average Bonchev–Trinajstić information content (AvgIpc) is 3.22. The molecule has 2 aromatic rings. The lowest BCUT2D eigenvalue weighted by Crippen LogP contribution is -3.06. The highest BCUT2D eigenvalue weighted by molar-refractivity contribution is 7.12. The van der Waals surface area contributed by atoms with E-state index < -0.39 is 17.7 Å². The maximum absolute atomic E-state index is 12.9. The van der Waals surface area contributed by atoms with Crippen LogP contribution in [0.1, 0.15) is 21.3 Å². The molecule has 0 radical (unpaired) electrons. The van der Waals surface area contributed by atoms with Gasteiger partial charge in [-0.3, -0.25) is 14.6 Å². The van der Waals surface area contributed by atoms with E-state index in [1.807, 2.05) is 14.1 Å². The smallest absolute Gasteiger partial charge is 0.290 e. The summed E-state index contributed by atoms with van der Waals surface area (Å²) in [5.74, 6) is -1.25. The number of aliphatic hydroxyl groups excluding tert-OH is 1. The summed E-state index contributed by atoms with van der Waals surface area (Å²) >= 11 is 1.30. The average molecular weight is 358 g/mol. The Bertz CT molecular complexity index is 800. The first-order chi connectivity index (χ1) is 12.0. The molecule has 0 aromatic carbocycles. The van der Waals surface area contributed by atoms with Crippen LogP contribution in [0.4, 0.5) is 0 Å². The van der Waals surface area contributed by atoms with Gasteiger partial charge >= 0.3 is 0 Å². The summed E-state index contributed by atoms with van der Waals surface area (Å²) in [7, 11) is 3.99. The van der Waals surface area contributed by atoms with Gasteiger partial charge in [-0.05, 0) is 29.1 Å². The Balaban J connectivity index is 2.04. The molecule has 7 heteroatoms. The molecule has 6 nitrogen and oxygen atoms in total. The van der Waals surface area contributed by atoms with Crippen LogP contribution in [0, 0.1) is 0 Å². The van der Waals surface area contributed by atoms with E-state index in [4.69, 9.17) is 0 Å². The number of hydrogen-bond acceptors (Lipinski definition) is 5. The number of thiophene rings is 1. The van der Waals surface area contributed by atoms with Crippen LogP contribution in [0.2, 0.25) is 0 Å². The summed E-state index contributed by atoms with van der Waals surface area (Å²) in [5, 5.41) is 12.2. The minimum atomic E-state index is -0.593. The largest absolute Gasteiger partial charge is 0.503 e. The number of pyridine rings is 1. The van der Waals surface area contributed by atoms with Crippen LogP contribution in [0.5, 0.6) is 0 Å². The molecule has 0 unspecified atom stereocenters. The summed E-state index contributed by atoms with van der Waals surface area (Å²) in [6.07, 6.45) is 3.25. The first kappa shape index (κ1) is 17.3. The lowest BCUT2D eigenvalue weighted by molar-refractivity contribution is -0.857. The van der Waals surface area contributed by atoms with Crippen LogP contribution < -0.4 is 4.90 Å². The zero-order chi connectivity index (χ0) is 18.0. The predicted molar refractivity (Wildman–Crippen MR) is 94.7 cm³/mol. The Kier molecular flexibility index (Phi) is 4.96. The second-order valence-corrected chi connectivity index (χ2v) is 7.16. The van der Waals surface area contributed by atoms with Crippen molar-refractivity contribution in [2.75, 3.05) is 27.2 Å². The quantitative estimate of drug-likeness (QED) is 0.752. The number of hydrogen-bond donors (Lipinski definition) is 2. The van der Waals surface area contributed by atoms with Crippen molar-refractivity contribution in [3.05, 3.63) is 63.8 Å². The fraction of sp³-hybridized carbons (Fsp3) is 0.278. The van der Waals surface area contributed by atoms with Crippen LogP contribution in [0.15, 0.2) is 53.4 Å². The minimum absolute atomic E-state index is 0.146. The molecule has 3 heterocycles. The molecule has 0 spiro atoms. The van der Waals surface area contributed by atoms with Gasteiger partial charge in [-0.15, -0.1) is 11.3 Å². The highest BCUT2D eigenvalue weighted by atomic mass is 32.1. The SMILES string of the molecule is C[NH+](C)CCN1C(=O)C(O)=C(C(=O)c2cccs2)[C@H]1c1ccncc1. The number of quaternary nitrogens is 1. The second kappa shape index (κ2) is 7.16. The van der Waals surface area contributed by atoms with Gasteiger partial charge in [0.1, 0.15) is 0 Å². The molecule has 0 bridgehead atoms. The number of Topliss-reactive ketones (excluding diaryl/α,β-unsaturated/α-hetero) is 1.